The number of ether oxygens (including phenoxy) is 1. The molecule has 1 aliphatic rings. The second-order valence-corrected chi connectivity index (χ2v) is 8.15. The van der Waals surface area contributed by atoms with Crippen molar-refractivity contribution < 1.29 is 19.1 Å². The third-order valence-electron chi connectivity index (χ3n) is 5.84. The van der Waals surface area contributed by atoms with Gasteiger partial charge in [0, 0.05) is 44.1 Å². The van der Waals surface area contributed by atoms with Crippen LogP contribution in [0.5, 0.6) is 5.75 Å². The van der Waals surface area contributed by atoms with Gasteiger partial charge in [0.25, 0.3) is 17.6 Å². The van der Waals surface area contributed by atoms with Crippen molar-refractivity contribution in [3.63, 3.8) is 0 Å². The number of aromatic nitrogens is 2. The first kappa shape index (κ1) is 24.5. The first-order chi connectivity index (χ1) is 17.3. The minimum absolute atomic E-state index is 0.0995. The standard InChI is InChI=1S/C25H27N7O4/c1-4-32(29-16(2)26)23-21-20(19(36-3)15-28-23)18(14-27-21)22(33)25(35)31-12-10-30(11-13-31)24(34)17-8-6-5-7-9-17/h4-9,14-15,27H,1,10-13H2,2-3H3,(H2,26,29). The van der Waals surface area contributed by atoms with Crippen molar-refractivity contribution in [1.82, 2.24) is 19.8 Å². The average Bonchev–Trinajstić information content (AvgIpc) is 3.36. The van der Waals surface area contributed by atoms with Crippen LogP contribution < -0.4 is 15.5 Å². The third kappa shape index (κ3) is 4.63. The minimum atomic E-state index is -0.691. The molecule has 11 nitrogen and oxygen atoms in total. The van der Waals surface area contributed by atoms with Crippen molar-refractivity contribution in [2.24, 2.45) is 10.8 Å². The first-order valence-corrected chi connectivity index (χ1v) is 11.3. The largest absolute Gasteiger partial charge is 0.494 e. The van der Waals surface area contributed by atoms with E-state index >= 15 is 0 Å². The van der Waals surface area contributed by atoms with Gasteiger partial charge in [0.15, 0.2) is 5.82 Å². The lowest BCUT2D eigenvalue weighted by molar-refractivity contribution is -0.127. The summed E-state index contributed by atoms with van der Waals surface area (Å²) in [5, 5.41) is 5.94. The lowest BCUT2D eigenvalue weighted by atomic mass is 10.1. The van der Waals surface area contributed by atoms with E-state index in [0.29, 0.717) is 41.1 Å². The first-order valence-electron chi connectivity index (χ1n) is 11.3. The number of nitrogens with one attached hydrogen (secondary N) is 1. The Bertz CT molecular complexity index is 1340. The van der Waals surface area contributed by atoms with E-state index in [1.807, 2.05) is 6.07 Å². The minimum Gasteiger partial charge on any atom is -0.494 e. The summed E-state index contributed by atoms with van der Waals surface area (Å²) in [4.78, 5) is 49.6. The summed E-state index contributed by atoms with van der Waals surface area (Å²) in [5.41, 5.74) is 6.89. The van der Waals surface area contributed by atoms with Gasteiger partial charge < -0.3 is 25.3 Å². The fourth-order valence-electron chi connectivity index (χ4n) is 4.09. The predicted octanol–water partition coefficient (Wildman–Crippen LogP) is 1.98. The molecule has 1 saturated heterocycles. The molecule has 3 N–H and O–H groups in total. The van der Waals surface area contributed by atoms with E-state index in [4.69, 9.17) is 10.5 Å². The number of Topliss-reactive ketones (excluding diaryl/α,β-unsaturated/α-hetero) is 1. The quantitative estimate of drug-likeness (QED) is 0.170. The second kappa shape index (κ2) is 10.3. The highest BCUT2D eigenvalue weighted by Crippen LogP contribution is 2.34. The van der Waals surface area contributed by atoms with Crippen LogP contribution in [0.2, 0.25) is 0 Å². The number of ketones is 1. The van der Waals surface area contributed by atoms with Crippen molar-refractivity contribution in [3.05, 3.63) is 66.6 Å². The molecular formula is C25H27N7O4. The van der Waals surface area contributed by atoms with Gasteiger partial charge in [0.2, 0.25) is 0 Å². The Balaban J connectivity index is 1.56. The summed E-state index contributed by atoms with van der Waals surface area (Å²) >= 11 is 0. The van der Waals surface area contributed by atoms with E-state index in [1.54, 1.807) is 36.1 Å². The number of rotatable bonds is 7. The summed E-state index contributed by atoms with van der Waals surface area (Å²) in [7, 11) is 1.45. The zero-order valence-corrected chi connectivity index (χ0v) is 20.1. The van der Waals surface area contributed by atoms with Crippen LogP contribution in [-0.2, 0) is 4.79 Å². The van der Waals surface area contributed by atoms with Crippen LogP contribution in [0.25, 0.3) is 10.9 Å². The van der Waals surface area contributed by atoms with Crippen molar-refractivity contribution in [2.75, 3.05) is 38.3 Å². The van der Waals surface area contributed by atoms with Gasteiger partial charge in [-0.05, 0) is 19.1 Å². The number of piperazine rings is 1. The SMILES string of the molecule is C=CN(/N=C(/C)N)c1ncc(OC)c2c(C(=O)C(=O)N3CCN(C(=O)c4ccccc4)CC3)c[nH]c12. The molecule has 1 aromatic carbocycles. The number of nitrogens with zero attached hydrogens (tertiary/aromatic N) is 5. The lowest BCUT2D eigenvalue weighted by Crippen LogP contribution is -2.52. The molecule has 1 aliphatic heterocycles. The van der Waals surface area contributed by atoms with Crippen molar-refractivity contribution >= 4 is 40.2 Å². The molecule has 11 heteroatoms. The summed E-state index contributed by atoms with van der Waals surface area (Å²) < 4.78 is 5.43. The number of methoxy groups -OCH3 is 1. The molecule has 0 unspecified atom stereocenters. The summed E-state index contributed by atoms with van der Waals surface area (Å²) in [6.45, 7) is 6.53. The number of benzene rings is 1. The number of carbonyl (C=O) groups is 3. The van der Waals surface area contributed by atoms with Crippen molar-refractivity contribution in [2.45, 2.75) is 6.92 Å². The topological polar surface area (TPSA) is 137 Å². The number of H-pyrrole nitrogens is 1. The fourth-order valence-corrected chi connectivity index (χ4v) is 4.09. The molecule has 4 rings (SSSR count). The lowest BCUT2D eigenvalue weighted by Gasteiger charge is -2.34. The number of hydrogen-bond donors (Lipinski definition) is 2. The molecule has 0 radical (unpaired) electrons. The number of amidine groups is 1. The summed E-state index contributed by atoms with van der Waals surface area (Å²) in [6.07, 6.45) is 4.32. The predicted molar refractivity (Wildman–Crippen MR) is 136 cm³/mol. The highest BCUT2D eigenvalue weighted by molar-refractivity contribution is 6.45. The Kier molecular flexibility index (Phi) is 7.00. The zero-order valence-electron chi connectivity index (χ0n) is 20.1. The smallest absolute Gasteiger partial charge is 0.295 e. The average molecular weight is 490 g/mol. The number of anilines is 1. The van der Waals surface area contributed by atoms with Crippen LogP contribution in [0, 0.1) is 0 Å². The summed E-state index contributed by atoms with van der Waals surface area (Å²) in [5.74, 6) is -0.504. The molecule has 36 heavy (non-hydrogen) atoms. The molecule has 3 aromatic rings. The van der Waals surface area contributed by atoms with E-state index < -0.39 is 11.7 Å². The fraction of sp³-hybridized carbons (Fsp3) is 0.240. The molecule has 2 aromatic heterocycles. The Labute approximate surface area is 207 Å². The second-order valence-electron chi connectivity index (χ2n) is 8.15. The maximum atomic E-state index is 13.3. The van der Waals surface area contributed by atoms with E-state index in [2.05, 4.69) is 21.6 Å². The number of aromatic amines is 1. The van der Waals surface area contributed by atoms with Crippen LogP contribution in [0.3, 0.4) is 0 Å². The maximum absolute atomic E-state index is 13.3. The molecule has 3 heterocycles. The number of pyridine rings is 1. The van der Waals surface area contributed by atoms with Crippen LogP contribution >= 0.6 is 0 Å². The number of carbonyl (C=O) groups excluding carboxylic acids is 3. The Morgan fingerprint density at radius 2 is 1.83 bits per heavy atom. The molecule has 186 valence electrons. The van der Waals surface area contributed by atoms with Crippen LogP contribution in [0.4, 0.5) is 5.82 Å². The third-order valence-corrected chi connectivity index (χ3v) is 5.84. The Morgan fingerprint density at radius 1 is 1.17 bits per heavy atom. The molecule has 0 atom stereocenters. The summed E-state index contributed by atoms with van der Waals surface area (Å²) in [6, 6.07) is 8.97. The van der Waals surface area contributed by atoms with Crippen LogP contribution in [-0.4, -0.2) is 76.5 Å². The number of amides is 2. The van der Waals surface area contributed by atoms with Crippen LogP contribution in [0.15, 0.2) is 60.6 Å². The number of hydrazone groups is 1. The monoisotopic (exact) mass is 489 g/mol. The molecule has 1 fully saturated rings. The Morgan fingerprint density at radius 3 is 2.44 bits per heavy atom. The van der Waals surface area contributed by atoms with Crippen molar-refractivity contribution in [1.29, 1.82) is 0 Å². The number of fused-ring (bicyclic) bond motifs is 1. The normalized spacial score (nSPS) is 14.0. The van der Waals surface area contributed by atoms with Gasteiger partial charge in [-0.3, -0.25) is 14.4 Å². The van der Waals surface area contributed by atoms with Gasteiger partial charge in [-0.1, -0.05) is 24.8 Å². The van der Waals surface area contributed by atoms with Crippen LogP contribution in [0.1, 0.15) is 27.6 Å². The van der Waals surface area contributed by atoms with Gasteiger partial charge >= 0.3 is 0 Å². The highest BCUT2D eigenvalue weighted by Gasteiger charge is 2.31. The van der Waals surface area contributed by atoms with Gasteiger partial charge in [-0.15, -0.1) is 0 Å². The van der Waals surface area contributed by atoms with Gasteiger partial charge in [0.05, 0.1) is 29.8 Å². The maximum Gasteiger partial charge on any atom is 0.295 e. The van der Waals surface area contributed by atoms with Gasteiger partial charge in [-0.2, -0.15) is 5.10 Å². The van der Waals surface area contributed by atoms with Gasteiger partial charge in [0.1, 0.15) is 11.6 Å². The van der Waals surface area contributed by atoms with Crippen molar-refractivity contribution in [3.8, 4) is 5.75 Å². The van der Waals surface area contributed by atoms with E-state index in [1.165, 1.54) is 35.6 Å². The molecular weight excluding hydrogens is 462 g/mol. The number of hydrogen-bond acceptors (Lipinski definition) is 7. The molecule has 0 bridgehead atoms. The molecule has 2 amide bonds. The highest BCUT2D eigenvalue weighted by atomic mass is 16.5. The van der Waals surface area contributed by atoms with Gasteiger partial charge in [-0.25, -0.2) is 9.99 Å². The molecule has 0 aliphatic carbocycles. The number of nitrogens with two attached hydrogens (primary N) is 1. The molecule has 0 saturated carbocycles. The Hall–Kier alpha value is -4.67. The molecule has 0 spiro atoms. The van der Waals surface area contributed by atoms with E-state index in [0.717, 1.165) is 0 Å². The van der Waals surface area contributed by atoms with E-state index in [9.17, 15) is 14.4 Å². The van der Waals surface area contributed by atoms with E-state index in [-0.39, 0.29) is 30.4 Å². The zero-order chi connectivity index (χ0) is 25.8.